The first-order valence-corrected chi connectivity index (χ1v) is 10.3. The molecule has 4 rings (SSSR count). The zero-order chi connectivity index (χ0) is 23.9. The van der Waals surface area contributed by atoms with E-state index in [-0.39, 0.29) is 22.8 Å². The van der Waals surface area contributed by atoms with Crippen LogP contribution in [0.5, 0.6) is 23.0 Å². The molecule has 2 aromatic carbocycles. The Hall–Kier alpha value is -2.64. The van der Waals surface area contributed by atoms with Crippen LogP contribution in [0.1, 0.15) is 23.3 Å². The third-order valence-corrected chi connectivity index (χ3v) is 5.82. The normalized spacial score (nSPS) is 32.1. The molecule has 1 saturated heterocycles. The second kappa shape index (κ2) is 9.31. The van der Waals surface area contributed by atoms with Crippen molar-refractivity contribution in [1.29, 1.82) is 0 Å². The summed E-state index contributed by atoms with van der Waals surface area (Å²) >= 11 is 0. The molecule has 11 nitrogen and oxygen atoms in total. The van der Waals surface area contributed by atoms with E-state index >= 15 is 0 Å². The predicted octanol–water partition coefficient (Wildman–Crippen LogP) is -0.541. The van der Waals surface area contributed by atoms with Gasteiger partial charge in [-0.3, -0.25) is 0 Å². The van der Waals surface area contributed by atoms with Crippen LogP contribution >= 0.6 is 0 Å². The van der Waals surface area contributed by atoms with E-state index in [2.05, 4.69) is 0 Å². The van der Waals surface area contributed by atoms with Gasteiger partial charge in [-0.25, -0.2) is 0 Å². The lowest BCUT2D eigenvalue weighted by Gasteiger charge is -2.39. The van der Waals surface area contributed by atoms with E-state index in [1.807, 2.05) is 0 Å². The van der Waals surface area contributed by atoms with Gasteiger partial charge in [0.25, 0.3) is 0 Å². The van der Waals surface area contributed by atoms with Crippen molar-refractivity contribution in [2.45, 2.75) is 49.0 Å². The number of hydrogen-bond donors (Lipinski definition) is 7. The van der Waals surface area contributed by atoms with Crippen molar-refractivity contribution in [2.75, 3.05) is 13.7 Å². The van der Waals surface area contributed by atoms with Crippen molar-refractivity contribution in [2.24, 2.45) is 0 Å². The molecule has 8 unspecified atom stereocenters. The van der Waals surface area contributed by atoms with E-state index in [9.17, 15) is 30.6 Å². The summed E-state index contributed by atoms with van der Waals surface area (Å²) in [6.07, 6.45) is -11.2. The Morgan fingerprint density at radius 2 is 1.73 bits per heavy atom. The fraction of sp³-hybridized carbons (Fsp3) is 0.455. The van der Waals surface area contributed by atoms with Gasteiger partial charge in [0.1, 0.15) is 59.6 Å². The van der Waals surface area contributed by atoms with Crippen molar-refractivity contribution in [3.05, 3.63) is 47.5 Å². The van der Waals surface area contributed by atoms with E-state index in [0.717, 1.165) is 0 Å². The Kier molecular flexibility index (Phi) is 6.64. The molecule has 0 aliphatic carbocycles. The van der Waals surface area contributed by atoms with Gasteiger partial charge in [-0.15, -0.1) is 0 Å². The van der Waals surface area contributed by atoms with Crippen molar-refractivity contribution in [1.82, 2.24) is 0 Å². The van der Waals surface area contributed by atoms with Crippen molar-refractivity contribution in [3.63, 3.8) is 0 Å². The minimum absolute atomic E-state index is 0.00536. The van der Waals surface area contributed by atoms with Gasteiger partial charge in [0.15, 0.2) is 12.4 Å². The Bertz CT molecular complexity index is 966. The van der Waals surface area contributed by atoms with Crippen LogP contribution in [0, 0.1) is 0 Å². The Labute approximate surface area is 188 Å². The second-order valence-electron chi connectivity index (χ2n) is 7.93. The lowest BCUT2D eigenvalue weighted by molar-refractivity contribution is -0.239. The number of fused-ring (bicyclic) bond motifs is 1. The monoisotopic (exact) mass is 466 g/mol. The molecule has 0 radical (unpaired) electrons. The topological polar surface area (TPSA) is 179 Å². The first-order chi connectivity index (χ1) is 15.7. The molecule has 180 valence electrons. The summed E-state index contributed by atoms with van der Waals surface area (Å²) in [5.74, 6) is 0.126. The number of hydrogen-bond acceptors (Lipinski definition) is 11. The van der Waals surface area contributed by atoms with Crippen molar-refractivity contribution in [3.8, 4) is 23.0 Å². The number of phenols is 2. The van der Waals surface area contributed by atoms with Gasteiger partial charge in [0, 0.05) is 12.1 Å². The Morgan fingerprint density at radius 3 is 2.36 bits per heavy atom. The molecule has 2 aliphatic heterocycles. The highest BCUT2D eigenvalue weighted by Gasteiger charge is 2.50. The molecule has 0 saturated carbocycles. The van der Waals surface area contributed by atoms with Gasteiger partial charge in [-0.05, 0) is 17.7 Å². The lowest BCUT2D eigenvalue weighted by Crippen LogP contribution is -2.43. The summed E-state index contributed by atoms with van der Waals surface area (Å²) in [7, 11) is 1.41. The number of rotatable bonds is 6. The average molecular weight is 466 g/mol. The maximum Gasteiger partial charge on any atom is 0.187 e. The van der Waals surface area contributed by atoms with E-state index < -0.39 is 55.6 Å². The van der Waals surface area contributed by atoms with Crippen LogP contribution < -0.4 is 9.47 Å². The molecule has 0 bridgehead atoms. The van der Waals surface area contributed by atoms with E-state index in [1.54, 1.807) is 12.1 Å². The Balaban J connectivity index is 1.70. The summed E-state index contributed by atoms with van der Waals surface area (Å²) in [6, 6.07) is 8.71. The SMILES string of the molecule is COc1cc(O)c2c(c1)OC(c1ccc(O)cc1)C(OC1OC(C(O)CO)C(O)C1O)C2O. The molecular formula is C22H26O11. The highest BCUT2D eigenvalue weighted by Crippen LogP contribution is 2.49. The van der Waals surface area contributed by atoms with Crippen LogP contribution in [0.2, 0.25) is 0 Å². The van der Waals surface area contributed by atoms with Gasteiger partial charge in [0.05, 0.1) is 19.3 Å². The largest absolute Gasteiger partial charge is 0.508 e. The number of aromatic hydroxyl groups is 2. The standard InChI is InChI=1S/C22H26O11/c1-30-11-6-12(25)15-14(7-11)31-19(9-2-4-10(24)5-3-9)21(16(15)27)33-22-18(29)17(28)20(32-22)13(26)8-23/h2-7,13,16-29H,8H2,1H3. The molecule has 2 aromatic rings. The van der Waals surface area contributed by atoms with E-state index in [0.29, 0.717) is 11.3 Å². The van der Waals surface area contributed by atoms with Gasteiger partial charge in [-0.2, -0.15) is 0 Å². The average Bonchev–Trinajstić information content (AvgIpc) is 3.08. The summed E-state index contributed by atoms with van der Waals surface area (Å²) in [5.41, 5.74) is 0.514. The molecule has 2 heterocycles. The molecule has 8 atom stereocenters. The second-order valence-corrected chi connectivity index (χ2v) is 7.93. The van der Waals surface area contributed by atoms with Gasteiger partial charge in [-0.1, -0.05) is 12.1 Å². The highest BCUT2D eigenvalue weighted by atomic mass is 16.7. The molecule has 0 aromatic heterocycles. The summed E-state index contributed by atoms with van der Waals surface area (Å²) in [4.78, 5) is 0. The number of phenolic OH excluding ortho intramolecular Hbond substituents is 2. The summed E-state index contributed by atoms with van der Waals surface area (Å²) in [6.45, 7) is -0.713. The molecule has 1 fully saturated rings. The van der Waals surface area contributed by atoms with Crippen LogP contribution in [0.4, 0.5) is 0 Å². The zero-order valence-corrected chi connectivity index (χ0v) is 17.6. The van der Waals surface area contributed by atoms with Gasteiger partial charge < -0.3 is 54.7 Å². The molecule has 0 amide bonds. The fourth-order valence-corrected chi connectivity index (χ4v) is 4.06. The fourth-order valence-electron chi connectivity index (χ4n) is 4.06. The number of benzene rings is 2. The van der Waals surface area contributed by atoms with Crippen LogP contribution in [-0.2, 0) is 9.47 Å². The van der Waals surface area contributed by atoms with Gasteiger partial charge >= 0.3 is 0 Å². The minimum atomic E-state index is -1.60. The van der Waals surface area contributed by atoms with E-state index in [1.165, 1.54) is 31.4 Å². The van der Waals surface area contributed by atoms with Gasteiger partial charge in [0.2, 0.25) is 0 Å². The molecule has 7 N–H and O–H groups in total. The summed E-state index contributed by atoms with van der Waals surface area (Å²) in [5, 5.41) is 70.8. The highest BCUT2D eigenvalue weighted by molar-refractivity contribution is 5.53. The first-order valence-electron chi connectivity index (χ1n) is 10.3. The van der Waals surface area contributed by atoms with Crippen LogP contribution in [0.15, 0.2) is 36.4 Å². The molecule has 2 aliphatic rings. The van der Waals surface area contributed by atoms with Crippen molar-refractivity contribution >= 4 is 0 Å². The molecule has 11 heteroatoms. The maximum absolute atomic E-state index is 11.1. The molecular weight excluding hydrogens is 440 g/mol. The van der Waals surface area contributed by atoms with Crippen LogP contribution in [0.3, 0.4) is 0 Å². The third-order valence-electron chi connectivity index (χ3n) is 5.82. The number of methoxy groups -OCH3 is 1. The zero-order valence-electron chi connectivity index (χ0n) is 17.6. The van der Waals surface area contributed by atoms with Crippen LogP contribution in [-0.4, -0.2) is 86.3 Å². The maximum atomic E-state index is 11.1. The van der Waals surface area contributed by atoms with Crippen LogP contribution in [0.25, 0.3) is 0 Å². The lowest BCUT2D eigenvalue weighted by atomic mass is 9.91. The first kappa shape index (κ1) is 23.5. The molecule has 0 spiro atoms. The molecule has 33 heavy (non-hydrogen) atoms. The third kappa shape index (κ3) is 4.32. The smallest absolute Gasteiger partial charge is 0.187 e. The minimum Gasteiger partial charge on any atom is -0.508 e. The predicted molar refractivity (Wildman–Crippen MR) is 110 cm³/mol. The van der Waals surface area contributed by atoms with E-state index in [4.69, 9.17) is 24.1 Å². The van der Waals surface area contributed by atoms with Crippen molar-refractivity contribution < 1.29 is 54.7 Å². The number of ether oxygens (including phenoxy) is 4. The number of aliphatic hydroxyl groups is 5. The number of aliphatic hydroxyl groups excluding tert-OH is 5. The summed E-state index contributed by atoms with van der Waals surface area (Å²) < 4.78 is 22.4. The Morgan fingerprint density at radius 1 is 1.03 bits per heavy atom. The quantitative estimate of drug-likeness (QED) is 0.291.